The number of carbonyl (C=O) groups excluding carboxylic acids is 1. The largest absolute Gasteiger partial charge is 0.493 e. The Morgan fingerprint density at radius 2 is 2.19 bits per heavy atom. The normalized spacial score (nSPS) is 10.6. The van der Waals surface area contributed by atoms with Crippen LogP contribution >= 0.6 is 0 Å². The highest BCUT2D eigenvalue weighted by Gasteiger charge is 2.09. The fraction of sp³-hybridized carbons (Fsp3) is 0.467. The van der Waals surface area contributed by atoms with Gasteiger partial charge in [-0.15, -0.1) is 0 Å². The second kappa shape index (κ2) is 9.63. The number of nitrogens with one attached hydrogen (secondary N) is 1. The minimum atomic E-state index is -0.712. The van der Waals surface area contributed by atoms with E-state index in [2.05, 4.69) is 17.5 Å². The first-order valence-electron chi connectivity index (χ1n) is 7.07. The van der Waals surface area contributed by atoms with Crippen LogP contribution in [0.25, 0.3) is 0 Å². The van der Waals surface area contributed by atoms with Gasteiger partial charge in [-0.25, -0.2) is 10.2 Å². The number of nitrogens with two attached hydrogens (primary N) is 1. The van der Waals surface area contributed by atoms with Crippen LogP contribution in [-0.4, -0.2) is 26.0 Å². The van der Waals surface area contributed by atoms with Crippen LogP contribution in [0.3, 0.4) is 0 Å². The summed E-state index contributed by atoms with van der Waals surface area (Å²) in [7, 11) is 1.59. The summed E-state index contributed by atoms with van der Waals surface area (Å²) < 4.78 is 11.1. The molecule has 1 aromatic rings. The lowest BCUT2D eigenvalue weighted by Gasteiger charge is -2.13. The zero-order valence-corrected chi connectivity index (χ0v) is 12.6. The highest BCUT2D eigenvalue weighted by molar-refractivity contribution is 5.86. The van der Waals surface area contributed by atoms with Crippen molar-refractivity contribution in [1.82, 2.24) is 5.43 Å². The van der Waals surface area contributed by atoms with Crippen molar-refractivity contribution in [3.63, 3.8) is 0 Å². The lowest BCUT2D eigenvalue weighted by molar-refractivity contribution is 0.249. The van der Waals surface area contributed by atoms with Crippen molar-refractivity contribution in [3.8, 4) is 11.5 Å². The number of rotatable bonds is 9. The second-order valence-corrected chi connectivity index (χ2v) is 4.52. The minimum Gasteiger partial charge on any atom is -0.493 e. The van der Waals surface area contributed by atoms with E-state index in [1.807, 2.05) is 18.2 Å². The van der Waals surface area contributed by atoms with E-state index < -0.39 is 6.03 Å². The Morgan fingerprint density at radius 3 is 2.86 bits per heavy atom. The van der Waals surface area contributed by atoms with Crippen molar-refractivity contribution in [2.75, 3.05) is 13.7 Å². The van der Waals surface area contributed by atoms with Crippen molar-refractivity contribution in [3.05, 3.63) is 23.8 Å². The standard InChI is InChI=1S/C15H23N3O3/c1-3-4-5-6-10-21-14-12(11-17-18-15(16)19)8-7-9-13(14)20-2/h7-9,11H,3-6,10H2,1-2H3,(H3,16,18,19). The zero-order chi connectivity index (χ0) is 15.5. The number of carbonyl (C=O) groups is 1. The van der Waals surface area contributed by atoms with Crippen LogP contribution in [-0.2, 0) is 0 Å². The Bertz CT molecular complexity index is 475. The Kier molecular flexibility index (Phi) is 7.71. The molecule has 0 fully saturated rings. The van der Waals surface area contributed by atoms with Crippen LogP contribution in [0.5, 0.6) is 11.5 Å². The molecular weight excluding hydrogens is 270 g/mol. The maximum absolute atomic E-state index is 10.6. The minimum absolute atomic E-state index is 0.616. The molecule has 0 aliphatic heterocycles. The number of hydrogen-bond donors (Lipinski definition) is 2. The molecule has 0 spiro atoms. The number of amides is 2. The fourth-order valence-corrected chi connectivity index (χ4v) is 1.82. The van der Waals surface area contributed by atoms with E-state index in [9.17, 15) is 4.79 Å². The topological polar surface area (TPSA) is 85.9 Å². The van der Waals surface area contributed by atoms with Crippen LogP contribution < -0.4 is 20.6 Å². The molecule has 1 rings (SSSR count). The highest BCUT2D eigenvalue weighted by Crippen LogP contribution is 2.30. The summed E-state index contributed by atoms with van der Waals surface area (Å²) in [5, 5.41) is 3.75. The maximum atomic E-state index is 10.6. The lowest BCUT2D eigenvalue weighted by atomic mass is 10.2. The predicted molar refractivity (Wildman–Crippen MR) is 82.9 cm³/mol. The molecule has 0 unspecified atom stereocenters. The van der Waals surface area contributed by atoms with Gasteiger partial charge in [0, 0.05) is 5.56 Å². The molecule has 0 saturated heterocycles. The molecule has 3 N–H and O–H groups in total. The molecule has 6 heteroatoms. The van der Waals surface area contributed by atoms with Gasteiger partial charge >= 0.3 is 6.03 Å². The number of hydrogen-bond acceptors (Lipinski definition) is 4. The molecule has 0 saturated carbocycles. The lowest BCUT2D eigenvalue weighted by Crippen LogP contribution is -2.24. The van der Waals surface area contributed by atoms with E-state index in [-0.39, 0.29) is 0 Å². The van der Waals surface area contributed by atoms with Crippen LogP contribution in [0.4, 0.5) is 4.79 Å². The van der Waals surface area contributed by atoms with Gasteiger partial charge in [0.2, 0.25) is 0 Å². The SMILES string of the molecule is CCCCCCOc1c(C=NNC(N)=O)cccc1OC. The van der Waals surface area contributed by atoms with Crippen molar-refractivity contribution in [2.45, 2.75) is 32.6 Å². The molecule has 0 radical (unpaired) electrons. The molecule has 0 atom stereocenters. The second-order valence-electron chi connectivity index (χ2n) is 4.52. The van der Waals surface area contributed by atoms with Gasteiger partial charge in [-0.2, -0.15) is 5.10 Å². The molecule has 0 aliphatic rings. The molecular formula is C15H23N3O3. The molecule has 6 nitrogen and oxygen atoms in total. The number of hydrazone groups is 1. The van der Waals surface area contributed by atoms with Gasteiger partial charge in [-0.05, 0) is 18.6 Å². The van der Waals surface area contributed by atoms with E-state index in [0.717, 1.165) is 18.4 Å². The van der Waals surface area contributed by atoms with Crippen molar-refractivity contribution < 1.29 is 14.3 Å². The maximum Gasteiger partial charge on any atom is 0.332 e. The third-order valence-electron chi connectivity index (χ3n) is 2.85. The number of methoxy groups -OCH3 is 1. The van der Waals surface area contributed by atoms with Gasteiger partial charge in [0.1, 0.15) is 0 Å². The summed E-state index contributed by atoms with van der Waals surface area (Å²) in [4.78, 5) is 10.6. The number of nitrogens with zero attached hydrogens (tertiary/aromatic N) is 1. The summed E-state index contributed by atoms with van der Waals surface area (Å²) in [5.41, 5.74) is 7.83. The van der Waals surface area contributed by atoms with Gasteiger partial charge in [-0.3, -0.25) is 0 Å². The van der Waals surface area contributed by atoms with E-state index in [1.165, 1.54) is 19.1 Å². The van der Waals surface area contributed by atoms with Crippen LogP contribution in [0.15, 0.2) is 23.3 Å². The highest BCUT2D eigenvalue weighted by atomic mass is 16.5. The first-order chi connectivity index (χ1) is 10.2. The zero-order valence-electron chi connectivity index (χ0n) is 12.6. The third-order valence-corrected chi connectivity index (χ3v) is 2.85. The molecule has 0 aliphatic carbocycles. The first kappa shape index (κ1) is 16.8. The average molecular weight is 293 g/mol. The van der Waals surface area contributed by atoms with Gasteiger partial charge in [0.25, 0.3) is 0 Å². The van der Waals surface area contributed by atoms with Crippen molar-refractivity contribution >= 4 is 12.2 Å². The molecule has 0 bridgehead atoms. The predicted octanol–water partition coefficient (Wildman–Crippen LogP) is 2.66. The Labute approximate surface area is 125 Å². The van der Waals surface area contributed by atoms with Crippen LogP contribution in [0.2, 0.25) is 0 Å². The van der Waals surface area contributed by atoms with E-state index in [0.29, 0.717) is 18.1 Å². The Morgan fingerprint density at radius 1 is 1.38 bits per heavy atom. The monoisotopic (exact) mass is 293 g/mol. The summed E-state index contributed by atoms with van der Waals surface area (Å²) >= 11 is 0. The molecule has 0 heterocycles. The summed E-state index contributed by atoms with van der Waals surface area (Å²) in [5.74, 6) is 1.25. The van der Waals surface area contributed by atoms with Crippen molar-refractivity contribution in [2.24, 2.45) is 10.8 Å². The van der Waals surface area contributed by atoms with Crippen LogP contribution in [0.1, 0.15) is 38.2 Å². The van der Waals surface area contributed by atoms with Gasteiger partial charge in [-0.1, -0.05) is 32.3 Å². The molecule has 2 amide bonds. The third kappa shape index (κ3) is 6.16. The smallest absolute Gasteiger partial charge is 0.332 e. The van der Waals surface area contributed by atoms with Gasteiger partial charge in [0.15, 0.2) is 11.5 Å². The number of benzene rings is 1. The average Bonchev–Trinajstić information content (AvgIpc) is 2.47. The van der Waals surface area contributed by atoms with Crippen LogP contribution in [0, 0.1) is 0 Å². The van der Waals surface area contributed by atoms with Gasteiger partial charge < -0.3 is 15.2 Å². The first-order valence-corrected chi connectivity index (χ1v) is 7.07. The Hall–Kier alpha value is -2.24. The van der Waals surface area contributed by atoms with E-state index in [4.69, 9.17) is 15.2 Å². The van der Waals surface area contributed by atoms with E-state index in [1.54, 1.807) is 7.11 Å². The number of unbranched alkanes of at least 4 members (excludes halogenated alkanes) is 3. The number of primary amides is 1. The number of ether oxygens (including phenoxy) is 2. The number of urea groups is 1. The summed E-state index contributed by atoms with van der Waals surface area (Å²) in [6.07, 6.45) is 5.99. The summed E-state index contributed by atoms with van der Waals surface area (Å²) in [6, 6.07) is 4.77. The molecule has 21 heavy (non-hydrogen) atoms. The molecule has 1 aromatic carbocycles. The quantitative estimate of drug-likeness (QED) is 0.417. The Balaban J connectivity index is 2.72. The van der Waals surface area contributed by atoms with Crippen molar-refractivity contribution in [1.29, 1.82) is 0 Å². The summed E-state index contributed by atoms with van der Waals surface area (Å²) in [6.45, 7) is 2.78. The fourth-order valence-electron chi connectivity index (χ4n) is 1.82. The van der Waals surface area contributed by atoms with E-state index >= 15 is 0 Å². The van der Waals surface area contributed by atoms with Gasteiger partial charge in [0.05, 0.1) is 19.9 Å². The molecule has 116 valence electrons. The molecule has 0 aromatic heterocycles. The number of para-hydroxylation sites is 1.